The summed E-state index contributed by atoms with van der Waals surface area (Å²) in [5, 5.41) is 11.9. The second kappa shape index (κ2) is 8.07. The first-order valence-corrected chi connectivity index (χ1v) is 10.2. The third-order valence-electron chi connectivity index (χ3n) is 5.45. The molecule has 0 saturated carbocycles. The van der Waals surface area contributed by atoms with Crippen LogP contribution in [0.1, 0.15) is 11.1 Å². The van der Waals surface area contributed by atoms with Gasteiger partial charge < -0.3 is 20.0 Å². The highest BCUT2D eigenvalue weighted by Gasteiger charge is 2.14. The smallest absolute Gasteiger partial charge is 0.307 e. The van der Waals surface area contributed by atoms with Gasteiger partial charge in [-0.2, -0.15) is 0 Å². The number of pyridine rings is 1. The lowest BCUT2D eigenvalue weighted by Gasteiger charge is -2.10. The lowest BCUT2D eigenvalue weighted by atomic mass is 10.0. The van der Waals surface area contributed by atoms with Crippen LogP contribution in [0.25, 0.3) is 33.1 Å². The Morgan fingerprint density at radius 1 is 0.938 bits per heavy atom. The molecule has 0 spiro atoms. The molecule has 158 valence electrons. The molecule has 0 aliphatic heterocycles. The van der Waals surface area contributed by atoms with Gasteiger partial charge in [-0.1, -0.05) is 48.5 Å². The summed E-state index contributed by atoms with van der Waals surface area (Å²) in [4.78, 5) is 15.3. The summed E-state index contributed by atoms with van der Waals surface area (Å²) < 4.78 is 12.2. The van der Waals surface area contributed by atoms with Gasteiger partial charge in [0.1, 0.15) is 29.5 Å². The maximum absolute atomic E-state index is 11.1. The van der Waals surface area contributed by atoms with E-state index in [1.54, 1.807) is 24.4 Å². The molecule has 0 amide bonds. The molecule has 0 unspecified atom stereocenters. The van der Waals surface area contributed by atoms with E-state index in [-0.39, 0.29) is 6.42 Å². The number of rotatable bonds is 6. The molecule has 2 heterocycles. The zero-order valence-corrected chi connectivity index (χ0v) is 17.1. The number of benzene rings is 3. The topological polar surface area (TPSA) is 98.6 Å². The predicted molar refractivity (Wildman–Crippen MR) is 123 cm³/mol. The second-order valence-electron chi connectivity index (χ2n) is 7.50. The Hall–Kier alpha value is -4.32. The van der Waals surface area contributed by atoms with Gasteiger partial charge in [-0.05, 0) is 29.7 Å². The fourth-order valence-corrected chi connectivity index (χ4v) is 3.93. The number of anilines is 1. The Balaban J connectivity index is 1.51. The fourth-order valence-electron chi connectivity index (χ4n) is 3.93. The first-order chi connectivity index (χ1) is 15.6. The third kappa shape index (κ3) is 3.63. The number of nitrogens with two attached hydrogens (primary N) is 1. The summed E-state index contributed by atoms with van der Waals surface area (Å²) in [6.07, 6.45) is 1.60. The molecule has 0 atom stereocenters. The molecule has 5 rings (SSSR count). The molecule has 0 bridgehead atoms. The number of carboxylic acids is 1. The van der Waals surface area contributed by atoms with Crippen molar-refractivity contribution in [1.29, 1.82) is 0 Å². The van der Waals surface area contributed by atoms with Crippen molar-refractivity contribution >= 4 is 33.5 Å². The Bertz CT molecular complexity index is 1460. The van der Waals surface area contributed by atoms with E-state index in [1.165, 1.54) is 0 Å². The van der Waals surface area contributed by atoms with Gasteiger partial charge in [0.2, 0.25) is 0 Å². The van der Waals surface area contributed by atoms with Crippen molar-refractivity contribution in [2.24, 2.45) is 0 Å². The van der Waals surface area contributed by atoms with Gasteiger partial charge in [0.05, 0.1) is 6.42 Å². The van der Waals surface area contributed by atoms with E-state index in [9.17, 15) is 4.79 Å². The van der Waals surface area contributed by atoms with Gasteiger partial charge in [0.15, 0.2) is 0 Å². The SMILES string of the molecule is Nc1nccc2c(-c3cc4c(COc5ccccc5CC(=O)O)cccc4o3)cccc12. The molecular formula is C26H20N2O4. The van der Waals surface area contributed by atoms with E-state index in [1.807, 2.05) is 54.6 Å². The molecule has 0 aliphatic carbocycles. The van der Waals surface area contributed by atoms with Crippen LogP contribution >= 0.6 is 0 Å². The van der Waals surface area contributed by atoms with E-state index in [0.29, 0.717) is 23.7 Å². The molecule has 6 nitrogen and oxygen atoms in total. The van der Waals surface area contributed by atoms with Crippen LogP contribution in [-0.2, 0) is 17.8 Å². The van der Waals surface area contributed by atoms with Gasteiger partial charge in [0, 0.05) is 33.7 Å². The molecule has 0 aliphatic rings. The van der Waals surface area contributed by atoms with Gasteiger partial charge in [0.25, 0.3) is 0 Å². The minimum atomic E-state index is -0.895. The highest BCUT2D eigenvalue weighted by molar-refractivity contribution is 6.01. The molecule has 3 aromatic carbocycles. The summed E-state index contributed by atoms with van der Waals surface area (Å²) in [7, 11) is 0. The lowest BCUT2D eigenvalue weighted by molar-refractivity contribution is -0.136. The van der Waals surface area contributed by atoms with Crippen molar-refractivity contribution in [3.05, 3.63) is 90.1 Å². The quantitative estimate of drug-likeness (QED) is 0.377. The van der Waals surface area contributed by atoms with E-state index in [4.69, 9.17) is 20.0 Å². The number of para-hydroxylation sites is 1. The van der Waals surface area contributed by atoms with E-state index in [0.717, 1.165) is 38.6 Å². The number of aliphatic carboxylic acids is 1. The first-order valence-electron chi connectivity index (χ1n) is 10.2. The number of ether oxygens (including phenoxy) is 1. The average Bonchev–Trinajstić information content (AvgIpc) is 3.23. The number of fused-ring (bicyclic) bond motifs is 2. The maximum atomic E-state index is 11.1. The van der Waals surface area contributed by atoms with Gasteiger partial charge >= 0.3 is 5.97 Å². The van der Waals surface area contributed by atoms with Crippen molar-refractivity contribution in [2.45, 2.75) is 13.0 Å². The maximum Gasteiger partial charge on any atom is 0.307 e. The number of nitrogens with zero attached hydrogens (tertiary/aromatic N) is 1. The standard InChI is InChI=1S/C26H20N2O4/c27-26-20-8-4-7-19(18(20)11-12-28-26)24-14-21-17(6-3-10-23(21)32-24)15-31-22-9-2-1-5-16(22)13-25(29)30/h1-12,14H,13,15H2,(H2,27,28)(H,29,30). The Morgan fingerprint density at radius 3 is 2.62 bits per heavy atom. The van der Waals surface area contributed by atoms with Crippen molar-refractivity contribution in [3.63, 3.8) is 0 Å². The Morgan fingerprint density at radius 2 is 1.75 bits per heavy atom. The highest BCUT2D eigenvalue weighted by Crippen LogP contribution is 2.35. The Labute approximate surface area is 183 Å². The second-order valence-corrected chi connectivity index (χ2v) is 7.50. The molecule has 3 N–H and O–H groups in total. The summed E-state index contributed by atoms with van der Waals surface area (Å²) in [5.41, 5.74) is 9.32. The van der Waals surface area contributed by atoms with Crippen molar-refractivity contribution in [3.8, 4) is 17.1 Å². The predicted octanol–water partition coefficient (Wildman–Crippen LogP) is 5.44. The molecule has 32 heavy (non-hydrogen) atoms. The molecule has 2 aromatic heterocycles. The van der Waals surface area contributed by atoms with E-state index in [2.05, 4.69) is 4.98 Å². The molecular weight excluding hydrogens is 404 g/mol. The van der Waals surface area contributed by atoms with E-state index >= 15 is 0 Å². The number of hydrogen-bond acceptors (Lipinski definition) is 5. The molecule has 6 heteroatoms. The fraction of sp³-hybridized carbons (Fsp3) is 0.0769. The molecule has 0 saturated heterocycles. The van der Waals surface area contributed by atoms with Crippen LogP contribution in [0, 0.1) is 0 Å². The average molecular weight is 424 g/mol. The first kappa shape index (κ1) is 19.6. The number of hydrogen-bond donors (Lipinski definition) is 2. The summed E-state index contributed by atoms with van der Waals surface area (Å²) in [6, 6.07) is 22.8. The van der Waals surface area contributed by atoms with E-state index < -0.39 is 5.97 Å². The number of furan rings is 1. The zero-order valence-electron chi connectivity index (χ0n) is 17.1. The molecule has 0 radical (unpaired) electrons. The van der Waals surface area contributed by atoms with Crippen LogP contribution in [0.4, 0.5) is 5.82 Å². The van der Waals surface area contributed by atoms with Gasteiger partial charge in [-0.15, -0.1) is 0 Å². The highest BCUT2D eigenvalue weighted by atomic mass is 16.5. The van der Waals surface area contributed by atoms with Crippen LogP contribution in [-0.4, -0.2) is 16.1 Å². The molecule has 0 fully saturated rings. The minimum absolute atomic E-state index is 0.0880. The van der Waals surface area contributed by atoms with Crippen LogP contribution in [0.5, 0.6) is 5.75 Å². The van der Waals surface area contributed by atoms with Crippen LogP contribution in [0.3, 0.4) is 0 Å². The van der Waals surface area contributed by atoms with Crippen molar-refractivity contribution in [2.75, 3.05) is 5.73 Å². The summed E-state index contributed by atoms with van der Waals surface area (Å²) >= 11 is 0. The van der Waals surface area contributed by atoms with Gasteiger partial charge in [-0.3, -0.25) is 4.79 Å². The van der Waals surface area contributed by atoms with Gasteiger partial charge in [-0.25, -0.2) is 4.98 Å². The number of carboxylic acid groups (broad SMARTS) is 1. The summed E-state index contributed by atoms with van der Waals surface area (Å²) in [6.45, 7) is 0.291. The number of nitrogen functional groups attached to an aromatic ring is 1. The summed E-state index contributed by atoms with van der Waals surface area (Å²) in [5.74, 6) is 0.880. The third-order valence-corrected chi connectivity index (χ3v) is 5.45. The van der Waals surface area contributed by atoms with Crippen molar-refractivity contribution in [1.82, 2.24) is 4.98 Å². The van der Waals surface area contributed by atoms with Crippen LogP contribution < -0.4 is 10.5 Å². The Kier molecular flexibility index (Phi) is 4.95. The van der Waals surface area contributed by atoms with Crippen molar-refractivity contribution < 1.29 is 19.1 Å². The number of carbonyl (C=O) groups is 1. The normalized spacial score (nSPS) is 11.1. The van der Waals surface area contributed by atoms with Crippen LogP contribution in [0.15, 0.2) is 83.4 Å². The number of aromatic nitrogens is 1. The lowest BCUT2D eigenvalue weighted by Crippen LogP contribution is -2.04. The largest absolute Gasteiger partial charge is 0.489 e. The zero-order chi connectivity index (χ0) is 22.1. The monoisotopic (exact) mass is 424 g/mol. The molecule has 5 aromatic rings. The van der Waals surface area contributed by atoms with Crippen LogP contribution in [0.2, 0.25) is 0 Å². The minimum Gasteiger partial charge on any atom is -0.489 e.